The molecule has 2 aromatic heterocycles. The zero-order valence-corrected chi connectivity index (χ0v) is 26.2. The Kier molecular flexibility index (Phi) is 17.9. The Bertz CT molecular complexity index is 715. The first-order valence-corrected chi connectivity index (χ1v) is 17.5. The zero-order chi connectivity index (χ0) is 25.8. The second-order valence-corrected chi connectivity index (χ2v) is 13.8. The third kappa shape index (κ3) is 13.3. The van der Waals surface area contributed by atoms with E-state index in [-0.39, 0.29) is 0 Å². The van der Waals surface area contributed by atoms with Crippen molar-refractivity contribution in [3.8, 4) is 9.75 Å². The molecule has 206 valence electrons. The molecule has 0 unspecified atom stereocenters. The molecule has 0 N–H and O–H groups in total. The quantitative estimate of drug-likeness (QED) is 0.125. The van der Waals surface area contributed by atoms with Crippen molar-refractivity contribution in [3.05, 3.63) is 33.0 Å². The van der Waals surface area contributed by atoms with Gasteiger partial charge in [-0.1, -0.05) is 129 Å². The van der Waals surface area contributed by atoms with E-state index in [1.807, 2.05) is 22.7 Å². The maximum absolute atomic E-state index is 2.49. The summed E-state index contributed by atoms with van der Waals surface area (Å²) in [5, 5.41) is 0. The van der Waals surface area contributed by atoms with E-state index in [4.69, 9.17) is 0 Å². The van der Waals surface area contributed by atoms with Gasteiger partial charge in [0.25, 0.3) is 0 Å². The highest BCUT2D eigenvalue weighted by atomic mass is 32.1. The van der Waals surface area contributed by atoms with Crippen molar-refractivity contribution in [1.29, 1.82) is 0 Å². The van der Waals surface area contributed by atoms with E-state index in [2.05, 4.69) is 39.8 Å². The summed E-state index contributed by atoms with van der Waals surface area (Å²) in [5.74, 6) is 0. The van der Waals surface area contributed by atoms with E-state index < -0.39 is 0 Å². The van der Waals surface area contributed by atoms with Crippen molar-refractivity contribution < 1.29 is 0 Å². The van der Waals surface area contributed by atoms with Gasteiger partial charge in [-0.15, -0.1) is 22.7 Å². The average Bonchev–Trinajstić information content (AvgIpc) is 3.42. The summed E-state index contributed by atoms with van der Waals surface area (Å²) in [5.41, 5.74) is 3.26. The Balaban J connectivity index is 1.71. The van der Waals surface area contributed by atoms with Gasteiger partial charge < -0.3 is 0 Å². The molecule has 0 fully saturated rings. The molecule has 0 spiro atoms. The molecule has 0 aliphatic rings. The number of rotatable bonds is 23. The van der Waals surface area contributed by atoms with Crippen LogP contribution >= 0.6 is 22.7 Å². The van der Waals surface area contributed by atoms with Crippen molar-refractivity contribution >= 4 is 22.7 Å². The Morgan fingerprint density at radius 3 is 1.00 bits per heavy atom. The minimum absolute atomic E-state index is 1.27. The van der Waals surface area contributed by atoms with E-state index in [0.29, 0.717) is 0 Å². The molecule has 2 aromatic rings. The van der Waals surface area contributed by atoms with Crippen molar-refractivity contribution in [3.63, 3.8) is 0 Å². The van der Waals surface area contributed by atoms with Crippen LogP contribution in [0.15, 0.2) is 12.1 Å². The summed E-state index contributed by atoms with van der Waals surface area (Å²) < 4.78 is 0. The smallest absolute Gasteiger partial charge is 0.0480 e. The molecular weight excluding hydrogens is 473 g/mol. The first-order valence-electron chi connectivity index (χ1n) is 15.8. The minimum atomic E-state index is 1.27. The molecule has 2 heterocycles. The third-order valence-corrected chi connectivity index (χ3v) is 10.0. The van der Waals surface area contributed by atoms with Crippen LogP contribution < -0.4 is 0 Å². The third-order valence-electron chi connectivity index (χ3n) is 7.67. The van der Waals surface area contributed by atoms with Crippen molar-refractivity contribution in [2.75, 3.05) is 0 Å². The molecule has 36 heavy (non-hydrogen) atoms. The second-order valence-electron chi connectivity index (χ2n) is 11.3. The molecule has 0 bridgehead atoms. The molecule has 0 aliphatic heterocycles. The van der Waals surface area contributed by atoms with Crippen LogP contribution in [0.5, 0.6) is 0 Å². The van der Waals surface area contributed by atoms with Gasteiger partial charge in [-0.3, -0.25) is 0 Å². The SMILES string of the molecule is CCCCCCCCCCCCc1cc(C)sc1-c1sc(C)cc1CCCCCCCCCCCC. The van der Waals surface area contributed by atoms with E-state index >= 15 is 0 Å². The highest BCUT2D eigenvalue weighted by Gasteiger charge is 2.16. The van der Waals surface area contributed by atoms with Crippen molar-refractivity contribution in [2.45, 2.75) is 169 Å². The summed E-state index contributed by atoms with van der Waals surface area (Å²) in [7, 11) is 0. The van der Waals surface area contributed by atoms with Crippen molar-refractivity contribution in [2.24, 2.45) is 0 Å². The fourth-order valence-corrected chi connectivity index (χ4v) is 7.82. The van der Waals surface area contributed by atoms with Gasteiger partial charge in [0.2, 0.25) is 0 Å². The van der Waals surface area contributed by atoms with E-state index in [0.717, 1.165) is 0 Å². The molecule has 0 amide bonds. The summed E-state index contributed by atoms with van der Waals surface area (Å²) in [6.45, 7) is 9.22. The van der Waals surface area contributed by atoms with Gasteiger partial charge in [0.1, 0.15) is 0 Å². The molecule has 2 heteroatoms. The minimum Gasteiger partial charge on any atom is -0.139 e. The van der Waals surface area contributed by atoms with Gasteiger partial charge in [0.05, 0.1) is 0 Å². The molecule has 0 aliphatic carbocycles. The van der Waals surface area contributed by atoms with E-state index in [1.54, 1.807) is 20.9 Å². The van der Waals surface area contributed by atoms with Crippen LogP contribution in [0.3, 0.4) is 0 Å². The van der Waals surface area contributed by atoms with Crippen LogP contribution in [0.2, 0.25) is 0 Å². The molecule has 0 aromatic carbocycles. The van der Waals surface area contributed by atoms with Gasteiger partial charge >= 0.3 is 0 Å². The van der Waals surface area contributed by atoms with Gasteiger partial charge in [0.15, 0.2) is 0 Å². The predicted octanol–water partition coefficient (Wildman–Crippen LogP) is 13.0. The van der Waals surface area contributed by atoms with Gasteiger partial charge in [-0.05, 0) is 62.8 Å². The molecular formula is C34H58S2. The lowest BCUT2D eigenvalue weighted by atomic mass is 10.0. The standard InChI is InChI=1S/C34H58S2/c1-5-7-9-11-13-15-17-19-21-23-25-31-27-29(3)35-33(31)34-32(28-30(4)36-34)26-24-22-20-18-16-14-12-10-8-6-2/h27-28H,5-26H2,1-4H3. The largest absolute Gasteiger partial charge is 0.139 e. The van der Waals surface area contributed by atoms with Gasteiger partial charge in [-0.25, -0.2) is 0 Å². The first-order chi connectivity index (χ1) is 17.7. The topological polar surface area (TPSA) is 0 Å². The summed E-state index contributed by atoms with van der Waals surface area (Å²) >= 11 is 4.09. The number of aryl methyl sites for hydroxylation is 4. The highest BCUT2D eigenvalue weighted by Crippen LogP contribution is 2.41. The normalized spacial score (nSPS) is 11.6. The van der Waals surface area contributed by atoms with Crippen LogP contribution in [-0.2, 0) is 12.8 Å². The number of hydrogen-bond donors (Lipinski definition) is 0. The number of unbranched alkanes of at least 4 members (excludes halogenated alkanes) is 18. The Morgan fingerprint density at radius 1 is 0.417 bits per heavy atom. The maximum atomic E-state index is 2.49. The summed E-state index contributed by atoms with van der Waals surface area (Å²) in [6, 6.07) is 4.99. The molecule has 0 nitrogen and oxygen atoms in total. The Labute approximate surface area is 233 Å². The molecule has 0 radical (unpaired) electrons. The zero-order valence-electron chi connectivity index (χ0n) is 24.5. The fourth-order valence-electron chi connectivity index (χ4n) is 5.50. The lowest BCUT2D eigenvalue weighted by Crippen LogP contribution is -1.90. The van der Waals surface area contributed by atoms with E-state index in [1.165, 1.54) is 151 Å². The van der Waals surface area contributed by atoms with Crippen LogP contribution in [0.25, 0.3) is 9.75 Å². The second kappa shape index (κ2) is 20.4. The van der Waals surface area contributed by atoms with Gasteiger partial charge in [-0.2, -0.15) is 0 Å². The number of thiophene rings is 2. The summed E-state index contributed by atoms with van der Waals surface area (Å²) in [4.78, 5) is 6.18. The molecule has 2 rings (SSSR count). The highest BCUT2D eigenvalue weighted by molar-refractivity contribution is 7.22. The van der Waals surface area contributed by atoms with Crippen molar-refractivity contribution in [1.82, 2.24) is 0 Å². The fraction of sp³-hybridized carbons (Fsp3) is 0.765. The first kappa shape index (κ1) is 31.6. The summed E-state index contributed by atoms with van der Waals surface area (Å²) in [6.07, 6.45) is 30.9. The average molecular weight is 531 g/mol. The van der Waals surface area contributed by atoms with Crippen LogP contribution in [0.4, 0.5) is 0 Å². The maximum Gasteiger partial charge on any atom is 0.0480 e. The lowest BCUT2D eigenvalue weighted by molar-refractivity contribution is 0.556. The van der Waals surface area contributed by atoms with Crippen LogP contribution in [-0.4, -0.2) is 0 Å². The lowest BCUT2D eigenvalue weighted by Gasteiger charge is -2.07. The van der Waals surface area contributed by atoms with Crippen LogP contribution in [0.1, 0.15) is 163 Å². The predicted molar refractivity (Wildman–Crippen MR) is 168 cm³/mol. The van der Waals surface area contributed by atoms with Gasteiger partial charge in [0, 0.05) is 19.5 Å². The Hall–Kier alpha value is -0.600. The molecule has 0 atom stereocenters. The Morgan fingerprint density at radius 2 is 0.694 bits per heavy atom. The van der Waals surface area contributed by atoms with E-state index in [9.17, 15) is 0 Å². The monoisotopic (exact) mass is 530 g/mol. The number of hydrogen-bond acceptors (Lipinski definition) is 2. The molecule has 0 saturated carbocycles. The van der Waals surface area contributed by atoms with Crippen LogP contribution in [0, 0.1) is 13.8 Å². The molecule has 0 saturated heterocycles.